The first-order valence-corrected chi connectivity index (χ1v) is 11.9. The van der Waals surface area contributed by atoms with E-state index in [0.29, 0.717) is 17.4 Å². The summed E-state index contributed by atoms with van der Waals surface area (Å²) in [4.78, 5) is 17.2. The van der Waals surface area contributed by atoms with Crippen molar-refractivity contribution in [3.05, 3.63) is 59.9 Å². The molecule has 0 spiro atoms. The van der Waals surface area contributed by atoms with E-state index >= 15 is 0 Å². The van der Waals surface area contributed by atoms with Crippen LogP contribution in [0.15, 0.2) is 48.5 Å². The van der Waals surface area contributed by atoms with Crippen LogP contribution < -0.4 is 10.1 Å². The van der Waals surface area contributed by atoms with E-state index in [-0.39, 0.29) is 30.7 Å². The van der Waals surface area contributed by atoms with Gasteiger partial charge in [0.2, 0.25) is 0 Å². The molecule has 2 aliphatic rings. The van der Waals surface area contributed by atoms with Crippen molar-refractivity contribution in [2.75, 3.05) is 38.0 Å². The molecule has 4 rings (SSSR count). The van der Waals surface area contributed by atoms with Gasteiger partial charge in [-0.25, -0.2) is 9.18 Å². The molecule has 2 aromatic carbocycles. The fourth-order valence-electron chi connectivity index (χ4n) is 4.78. The SMILES string of the molecule is C[C@H]1CN(CC2CCN(C(=O)Nc3cccc(OCc4cccc(F)c4)c3)CC2)C[C@H](C)O1. The van der Waals surface area contributed by atoms with Gasteiger partial charge in [-0.3, -0.25) is 4.90 Å². The number of ether oxygens (including phenoxy) is 2. The molecule has 2 amide bonds. The second kappa shape index (κ2) is 11.0. The smallest absolute Gasteiger partial charge is 0.321 e. The van der Waals surface area contributed by atoms with Crippen LogP contribution in [0.5, 0.6) is 5.75 Å². The van der Waals surface area contributed by atoms with E-state index in [9.17, 15) is 9.18 Å². The molecule has 33 heavy (non-hydrogen) atoms. The maximum absolute atomic E-state index is 13.3. The van der Waals surface area contributed by atoms with Crippen molar-refractivity contribution in [1.82, 2.24) is 9.80 Å². The van der Waals surface area contributed by atoms with Gasteiger partial charge in [0.25, 0.3) is 0 Å². The van der Waals surface area contributed by atoms with Crippen LogP contribution in [0.3, 0.4) is 0 Å². The number of urea groups is 1. The summed E-state index contributed by atoms with van der Waals surface area (Å²) >= 11 is 0. The van der Waals surface area contributed by atoms with Crippen LogP contribution in [0.4, 0.5) is 14.9 Å². The van der Waals surface area contributed by atoms with Crippen molar-refractivity contribution < 1.29 is 18.7 Å². The van der Waals surface area contributed by atoms with Gasteiger partial charge in [-0.05, 0) is 62.4 Å². The maximum atomic E-state index is 13.3. The first-order chi connectivity index (χ1) is 15.9. The first kappa shape index (κ1) is 23.5. The van der Waals surface area contributed by atoms with E-state index in [0.717, 1.165) is 51.1 Å². The van der Waals surface area contributed by atoms with E-state index in [1.807, 2.05) is 29.2 Å². The van der Waals surface area contributed by atoms with Crippen LogP contribution in [0, 0.1) is 11.7 Å². The molecule has 0 saturated carbocycles. The minimum absolute atomic E-state index is 0.0793. The van der Waals surface area contributed by atoms with Crippen molar-refractivity contribution in [1.29, 1.82) is 0 Å². The zero-order chi connectivity index (χ0) is 23.2. The molecule has 0 aromatic heterocycles. The third-order valence-electron chi connectivity index (χ3n) is 6.29. The lowest BCUT2D eigenvalue weighted by Crippen LogP contribution is -2.49. The second-order valence-electron chi connectivity index (χ2n) is 9.28. The monoisotopic (exact) mass is 455 g/mol. The summed E-state index contributed by atoms with van der Waals surface area (Å²) in [7, 11) is 0. The van der Waals surface area contributed by atoms with E-state index in [1.165, 1.54) is 12.1 Å². The number of nitrogens with one attached hydrogen (secondary N) is 1. The standard InChI is InChI=1S/C26H34FN3O3/c1-19-15-29(16-20(2)33-19)17-21-9-11-30(12-10-21)26(31)28-24-7-4-8-25(14-24)32-18-22-5-3-6-23(27)13-22/h3-8,13-14,19-21H,9-12,15-18H2,1-2H3,(H,28,31)/t19-,20-/m0/s1. The number of hydrogen-bond acceptors (Lipinski definition) is 4. The summed E-state index contributed by atoms with van der Waals surface area (Å²) in [5.41, 5.74) is 1.45. The van der Waals surface area contributed by atoms with E-state index in [1.54, 1.807) is 12.1 Å². The number of anilines is 1. The van der Waals surface area contributed by atoms with Crippen LogP contribution in [0.25, 0.3) is 0 Å². The van der Waals surface area contributed by atoms with Crippen molar-refractivity contribution in [2.45, 2.75) is 45.5 Å². The molecule has 7 heteroatoms. The molecule has 2 aliphatic heterocycles. The Hall–Kier alpha value is -2.64. The van der Waals surface area contributed by atoms with E-state index in [4.69, 9.17) is 9.47 Å². The predicted octanol–water partition coefficient (Wildman–Crippen LogP) is 4.76. The number of morpholine rings is 1. The number of carbonyl (C=O) groups excluding carboxylic acids is 1. The lowest BCUT2D eigenvalue weighted by molar-refractivity contribution is -0.0728. The fraction of sp³-hybridized carbons (Fsp3) is 0.500. The Bertz CT molecular complexity index is 923. The summed E-state index contributed by atoms with van der Waals surface area (Å²) in [6.45, 7) is 9.13. The number of benzene rings is 2. The van der Waals surface area contributed by atoms with Crippen molar-refractivity contribution in [3.63, 3.8) is 0 Å². The molecule has 2 heterocycles. The topological polar surface area (TPSA) is 54.0 Å². The van der Waals surface area contributed by atoms with E-state index < -0.39 is 0 Å². The number of piperidine rings is 1. The third kappa shape index (κ3) is 6.92. The van der Waals surface area contributed by atoms with Crippen molar-refractivity contribution >= 4 is 11.7 Å². The number of amides is 2. The minimum atomic E-state index is -0.282. The van der Waals surface area contributed by atoms with Crippen molar-refractivity contribution in [2.24, 2.45) is 5.92 Å². The van der Waals surface area contributed by atoms with Gasteiger partial charge in [0.05, 0.1) is 12.2 Å². The summed E-state index contributed by atoms with van der Waals surface area (Å²) in [6.07, 6.45) is 2.61. The molecule has 178 valence electrons. The van der Waals surface area contributed by atoms with Crippen LogP contribution in [-0.2, 0) is 11.3 Å². The third-order valence-corrected chi connectivity index (χ3v) is 6.29. The maximum Gasteiger partial charge on any atom is 0.321 e. The molecule has 2 saturated heterocycles. The highest BCUT2D eigenvalue weighted by atomic mass is 19.1. The minimum Gasteiger partial charge on any atom is -0.489 e. The average molecular weight is 456 g/mol. The molecule has 2 fully saturated rings. The van der Waals surface area contributed by atoms with Gasteiger partial charge in [0, 0.05) is 44.5 Å². The zero-order valence-electron chi connectivity index (χ0n) is 19.5. The number of likely N-dealkylation sites (tertiary alicyclic amines) is 1. The number of rotatable bonds is 6. The summed E-state index contributed by atoms with van der Waals surface area (Å²) in [5, 5.41) is 2.99. The number of carbonyl (C=O) groups is 1. The molecule has 0 aliphatic carbocycles. The summed E-state index contributed by atoms with van der Waals surface area (Å²) in [5.74, 6) is 0.964. The molecule has 2 atom stereocenters. The van der Waals surface area contributed by atoms with Crippen LogP contribution >= 0.6 is 0 Å². The van der Waals surface area contributed by atoms with Gasteiger partial charge in [0.1, 0.15) is 18.2 Å². The highest BCUT2D eigenvalue weighted by Crippen LogP contribution is 2.23. The Balaban J connectivity index is 1.23. The summed E-state index contributed by atoms with van der Waals surface area (Å²) < 4.78 is 24.9. The van der Waals surface area contributed by atoms with Gasteiger partial charge in [-0.1, -0.05) is 18.2 Å². The van der Waals surface area contributed by atoms with Gasteiger partial charge in [0.15, 0.2) is 0 Å². The molecule has 6 nitrogen and oxygen atoms in total. The molecule has 0 radical (unpaired) electrons. The first-order valence-electron chi connectivity index (χ1n) is 11.9. The molecule has 1 N–H and O–H groups in total. The lowest BCUT2D eigenvalue weighted by atomic mass is 9.96. The average Bonchev–Trinajstić information content (AvgIpc) is 2.78. The Labute approximate surface area is 195 Å². The largest absolute Gasteiger partial charge is 0.489 e. The summed E-state index contributed by atoms with van der Waals surface area (Å²) in [6, 6.07) is 13.6. The highest BCUT2D eigenvalue weighted by molar-refractivity contribution is 5.89. The number of nitrogens with zero attached hydrogens (tertiary/aromatic N) is 2. The molecule has 2 aromatic rings. The Morgan fingerprint density at radius 3 is 2.55 bits per heavy atom. The van der Waals surface area contributed by atoms with Crippen LogP contribution in [0.2, 0.25) is 0 Å². The zero-order valence-corrected chi connectivity index (χ0v) is 19.5. The van der Waals surface area contributed by atoms with Gasteiger partial charge >= 0.3 is 6.03 Å². The van der Waals surface area contributed by atoms with Gasteiger partial charge in [-0.2, -0.15) is 0 Å². The Morgan fingerprint density at radius 2 is 1.82 bits per heavy atom. The highest BCUT2D eigenvalue weighted by Gasteiger charge is 2.28. The van der Waals surface area contributed by atoms with Gasteiger partial charge in [-0.15, -0.1) is 0 Å². The molecule has 0 unspecified atom stereocenters. The number of hydrogen-bond donors (Lipinski definition) is 1. The molecular weight excluding hydrogens is 421 g/mol. The lowest BCUT2D eigenvalue weighted by Gasteiger charge is -2.39. The molecular formula is C26H34FN3O3. The number of halogens is 1. The Morgan fingerprint density at radius 1 is 1.09 bits per heavy atom. The quantitative estimate of drug-likeness (QED) is 0.683. The van der Waals surface area contributed by atoms with Crippen molar-refractivity contribution in [3.8, 4) is 5.75 Å². The van der Waals surface area contributed by atoms with Crippen LogP contribution in [-0.4, -0.2) is 60.8 Å². The second-order valence-corrected chi connectivity index (χ2v) is 9.28. The van der Waals surface area contributed by atoms with E-state index in [2.05, 4.69) is 24.1 Å². The normalized spacial score (nSPS) is 22.2. The van der Waals surface area contributed by atoms with Crippen LogP contribution in [0.1, 0.15) is 32.3 Å². The molecule has 0 bridgehead atoms. The predicted molar refractivity (Wildman–Crippen MR) is 127 cm³/mol. The fourth-order valence-corrected chi connectivity index (χ4v) is 4.78. The van der Waals surface area contributed by atoms with Gasteiger partial charge < -0.3 is 19.7 Å². The Kier molecular flexibility index (Phi) is 7.83.